The molecule has 5 rings (SSSR count). The first-order valence-electron chi connectivity index (χ1n) is 12.9. The van der Waals surface area contributed by atoms with Crippen LogP contribution in [0, 0.1) is 6.92 Å². The zero-order valence-corrected chi connectivity index (χ0v) is 20.4. The van der Waals surface area contributed by atoms with E-state index in [1.807, 2.05) is 25.1 Å². The number of tetrazole rings is 1. The Kier molecular flexibility index (Phi) is 7.06. The van der Waals surface area contributed by atoms with Crippen LogP contribution in [0.5, 0.6) is 0 Å². The van der Waals surface area contributed by atoms with Gasteiger partial charge in [0, 0.05) is 25.3 Å². The third kappa shape index (κ3) is 4.79. The molecule has 0 radical (unpaired) electrons. The van der Waals surface area contributed by atoms with Gasteiger partial charge in [0.05, 0.1) is 23.7 Å². The molecule has 1 saturated carbocycles. The Morgan fingerprint density at radius 2 is 2.09 bits per heavy atom. The van der Waals surface area contributed by atoms with E-state index in [1.54, 1.807) is 0 Å². The fraction of sp³-hybridized carbons (Fsp3) is 0.615. The lowest BCUT2D eigenvalue weighted by atomic mass is 10.0. The molecule has 0 unspecified atom stereocenters. The molecule has 0 amide bonds. The molecule has 1 aliphatic carbocycles. The number of hydrogen-bond acceptors (Lipinski definition) is 6. The van der Waals surface area contributed by atoms with Crippen LogP contribution in [-0.2, 0) is 11.3 Å². The van der Waals surface area contributed by atoms with E-state index in [0.717, 1.165) is 79.5 Å². The predicted molar refractivity (Wildman–Crippen MR) is 132 cm³/mol. The van der Waals surface area contributed by atoms with Gasteiger partial charge in [0.25, 0.3) is 5.56 Å². The van der Waals surface area contributed by atoms with Crippen LogP contribution in [0.3, 0.4) is 0 Å². The number of rotatable bonds is 9. The second-order valence-electron chi connectivity index (χ2n) is 9.95. The molecule has 3 aromatic rings. The van der Waals surface area contributed by atoms with Crippen LogP contribution >= 0.6 is 0 Å². The van der Waals surface area contributed by atoms with Gasteiger partial charge in [-0.3, -0.25) is 9.69 Å². The molecule has 1 aliphatic heterocycles. The smallest absolute Gasteiger partial charge is 0.252 e. The van der Waals surface area contributed by atoms with E-state index in [-0.39, 0.29) is 17.7 Å². The minimum atomic E-state index is -0.0234. The predicted octanol–water partition coefficient (Wildman–Crippen LogP) is 4.46. The largest absolute Gasteiger partial charge is 0.377 e. The number of hydrogen-bond donors (Lipinski definition) is 1. The lowest BCUT2D eigenvalue weighted by molar-refractivity contribution is 0.0471. The van der Waals surface area contributed by atoms with Gasteiger partial charge in [-0.2, -0.15) is 0 Å². The molecule has 0 bridgehead atoms. The third-order valence-electron chi connectivity index (χ3n) is 7.49. The molecule has 182 valence electrons. The van der Waals surface area contributed by atoms with E-state index in [2.05, 4.69) is 43.1 Å². The highest BCUT2D eigenvalue weighted by atomic mass is 16.5. The van der Waals surface area contributed by atoms with Gasteiger partial charge in [0.1, 0.15) is 0 Å². The van der Waals surface area contributed by atoms with E-state index < -0.39 is 0 Å². The molecular formula is C26H36N6O2. The molecule has 3 heterocycles. The fourth-order valence-corrected chi connectivity index (χ4v) is 5.69. The summed E-state index contributed by atoms with van der Waals surface area (Å²) in [6.45, 7) is 6.36. The Balaban J connectivity index is 1.51. The van der Waals surface area contributed by atoms with Crippen LogP contribution in [0.2, 0.25) is 0 Å². The number of ether oxygens (including phenoxy) is 1. The zero-order valence-electron chi connectivity index (χ0n) is 20.4. The molecule has 2 aromatic heterocycles. The van der Waals surface area contributed by atoms with Gasteiger partial charge in [-0.25, -0.2) is 4.68 Å². The van der Waals surface area contributed by atoms with Crippen molar-refractivity contribution in [1.82, 2.24) is 30.1 Å². The Morgan fingerprint density at radius 3 is 2.85 bits per heavy atom. The number of nitrogens with one attached hydrogen (secondary N) is 1. The normalized spacial score (nSPS) is 20.0. The van der Waals surface area contributed by atoms with Crippen molar-refractivity contribution in [2.75, 3.05) is 13.2 Å². The summed E-state index contributed by atoms with van der Waals surface area (Å²) in [6, 6.07) is 8.60. The number of para-hydroxylation sites is 1. The van der Waals surface area contributed by atoms with E-state index >= 15 is 0 Å². The van der Waals surface area contributed by atoms with Gasteiger partial charge in [0.2, 0.25) is 0 Å². The monoisotopic (exact) mass is 464 g/mol. The van der Waals surface area contributed by atoms with Crippen LogP contribution in [0.15, 0.2) is 29.1 Å². The Hall–Kier alpha value is -2.58. The fourth-order valence-electron chi connectivity index (χ4n) is 5.69. The van der Waals surface area contributed by atoms with Crippen molar-refractivity contribution in [1.29, 1.82) is 0 Å². The molecule has 1 aromatic carbocycles. The van der Waals surface area contributed by atoms with Gasteiger partial charge in [-0.05, 0) is 66.5 Å². The van der Waals surface area contributed by atoms with Crippen molar-refractivity contribution >= 4 is 10.9 Å². The summed E-state index contributed by atoms with van der Waals surface area (Å²) >= 11 is 0. The summed E-state index contributed by atoms with van der Waals surface area (Å²) in [7, 11) is 0. The number of aryl methyl sites for hydroxylation is 1. The Labute approximate surface area is 200 Å². The first-order chi connectivity index (χ1) is 16.6. The number of benzene rings is 1. The van der Waals surface area contributed by atoms with Crippen molar-refractivity contribution in [3.8, 4) is 0 Å². The van der Waals surface area contributed by atoms with Gasteiger partial charge >= 0.3 is 0 Å². The number of H-pyrrole nitrogens is 1. The summed E-state index contributed by atoms with van der Waals surface area (Å²) < 4.78 is 8.10. The Morgan fingerprint density at radius 1 is 1.24 bits per heavy atom. The molecule has 1 saturated heterocycles. The molecule has 2 fully saturated rings. The molecule has 34 heavy (non-hydrogen) atoms. The van der Waals surface area contributed by atoms with Crippen LogP contribution < -0.4 is 5.56 Å². The van der Waals surface area contributed by atoms with E-state index in [9.17, 15) is 4.79 Å². The lowest BCUT2D eigenvalue weighted by Gasteiger charge is -2.33. The zero-order chi connectivity index (χ0) is 23.5. The standard InChI is InChI=1S/C26H36N6O2/c1-3-8-23(25-28-29-30-32(25)21-11-4-5-12-21)31(17-22-13-7-14-34-22)16-20-15-19-10-6-9-18(2)24(19)27-26(20)33/h6,9-10,15,21-23H,3-5,7-8,11-14,16-17H2,1-2H3,(H,27,33)/t22-,23+/m1/s1. The van der Waals surface area contributed by atoms with E-state index in [1.165, 1.54) is 12.8 Å². The van der Waals surface area contributed by atoms with E-state index in [4.69, 9.17) is 4.74 Å². The topological polar surface area (TPSA) is 88.9 Å². The van der Waals surface area contributed by atoms with Gasteiger partial charge in [-0.15, -0.1) is 5.10 Å². The van der Waals surface area contributed by atoms with Crippen molar-refractivity contribution < 1.29 is 4.74 Å². The lowest BCUT2D eigenvalue weighted by Crippen LogP contribution is -2.38. The second-order valence-corrected chi connectivity index (χ2v) is 9.95. The van der Waals surface area contributed by atoms with Crippen LogP contribution in [0.4, 0.5) is 0 Å². The van der Waals surface area contributed by atoms with E-state index in [0.29, 0.717) is 12.6 Å². The number of aromatic amines is 1. The minimum Gasteiger partial charge on any atom is -0.377 e. The molecule has 8 nitrogen and oxygen atoms in total. The molecular weight excluding hydrogens is 428 g/mol. The molecule has 1 N–H and O–H groups in total. The maximum Gasteiger partial charge on any atom is 0.252 e. The minimum absolute atomic E-state index is 0.0234. The average Bonchev–Trinajstić information content (AvgIpc) is 3.60. The number of fused-ring (bicyclic) bond motifs is 1. The average molecular weight is 465 g/mol. The summed E-state index contributed by atoms with van der Waals surface area (Å²) in [5.41, 5.74) is 2.75. The highest BCUT2D eigenvalue weighted by molar-refractivity contribution is 5.81. The van der Waals surface area contributed by atoms with Crippen molar-refractivity contribution in [2.45, 2.75) is 89.9 Å². The highest BCUT2D eigenvalue weighted by Gasteiger charge is 2.32. The highest BCUT2D eigenvalue weighted by Crippen LogP contribution is 2.34. The summed E-state index contributed by atoms with van der Waals surface area (Å²) in [6.07, 6.45) is 8.99. The van der Waals surface area contributed by atoms with Crippen molar-refractivity contribution in [2.24, 2.45) is 0 Å². The molecule has 8 heteroatoms. The first kappa shape index (κ1) is 23.2. The molecule has 2 atom stereocenters. The number of aromatic nitrogens is 5. The first-order valence-corrected chi connectivity index (χ1v) is 12.9. The summed E-state index contributed by atoms with van der Waals surface area (Å²) in [4.78, 5) is 18.7. The second kappa shape index (κ2) is 10.4. The van der Waals surface area contributed by atoms with Crippen LogP contribution in [0.1, 0.15) is 87.3 Å². The maximum absolute atomic E-state index is 13.1. The van der Waals surface area contributed by atoms with Gasteiger partial charge in [0.15, 0.2) is 5.82 Å². The maximum atomic E-state index is 13.1. The molecule has 2 aliphatic rings. The summed E-state index contributed by atoms with van der Waals surface area (Å²) in [5.74, 6) is 0.930. The third-order valence-corrected chi connectivity index (χ3v) is 7.49. The van der Waals surface area contributed by atoms with Crippen LogP contribution in [-0.4, -0.2) is 49.3 Å². The van der Waals surface area contributed by atoms with Crippen molar-refractivity contribution in [3.05, 3.63) is 51.6 Å². The SMILES string of the molecule is CCC[C@@H](c1nnnn1C1CCCC1)N(Cc1cc2cccc(C)c2[nH]c1=O)C[C@H]1CCCO1. The Bertz CT molecular complexity index is 1160. The van der Waals surface area contributed by atoms with Gasteiger partial charge in [-0.1, -0.05) is 44.4 Å². The van der Waals surface area contributed by atoms with Crippen LogP contribution in [0.25, 0.3) is 10.9 Å². The number of pyridine rings is 1. The quantitative estimate of drug-likeness (QED) is 0.503. The molecule has 0 spiro atoms. The van der Waals surface area contributed by atoms with Gasteiger partial charge < -0.3 is 9.72 Å². The summed E-state index contributed by atoms with van der Waals surface area (Å²) in [5, 5.41) is 14.1. The number of nitrogens with zero attached hydrogens (tertiary/aromatic N) is 5. The van der Waals surface area contributed by atoms with Crippen molar-refractivity contribution in [3.63, 3.8) is 0 Å².